The van der Waals surface area contributed by atoms with Crippen molar-refractivity contribution in [2.45, 2.75) is 6.92 Å². The summed E-state index contributed by atoms with van der Waals surface area (Å²) in [5.74, 6) is 0.904. The second-order valence-corrected chi connectivity index (χ2v) is 7.67. The molecule has 0 unspecified atom stereocenters. The number of hydrogen-bond acceptors (Lipinski definition) is 6. The largest absolute Gasteiger partial charge is 0.494 e. The van der Waals surface area contributed by atoms with Crippen molar-refractivity contribution >= 4 is 38.4 Å². The molecule has 0 aliphatic carbocycles. The van der Waals surface area contributed by atoms with Gasteiger partial charge in [-0.1, -0.05) is 41.7 Å². The first kappa shape index (κ1) is 20.6. The van der Waals surface area contributed by atoms with Gasteiger partial charge < -0.3 is 9.47 Å². The van der Waals surface area contributed by atoms with Gasteiger partial charge in [0.2, 0.25) is 0 Å². The van der Waals surface area contributed by atoms with Gasteiger partial charge in [-0.25, -0.2) is 4.98 Å². The van der Waals surface area contributed by atoms with E-state index in [1.807, 2.05) is 43.3 Å². The van der Waals surface area contributed by atoms with Crippen molar-refractivity contribution in [3.63, 3.8) is 0 Å². The number of hydrogen-bond donors (Lipinski definition) is 1. The number of anilines is 1. The first-order valence-corrected chi connectivity index (χ1v) is 10.6. The van der Waals surface area contributed by atoms with Gasteiger partial charge in [0.15, 0.2) is 17.5 Å². The van der Waals surface area contributed by atoms with Gasteiger partial charge in [-0.3, -0.25) is 14.9 Å². The Morgan fingerprint density at radius 1 is 0.903 bits per heavy atom. The average Bonchev–Trinajstić information content (AvgIpc) is 3.20. The molecule has 0 radical (unpaired) electrons. The van der Waals surface area contributed by atoms with E-state index in [0.29, 0.717) is 28.6 Å². The third-order valence-corrected chi connectivity index (χ3v) is 5.37. The standard InChI is InChI=1S/C24H20N2O4S/c1-2-29-19-12-13-20-21(14-19)31-24(25-20)26-22(27)15-30-18-10-8-17(9-11-18)23(28)16-6-4-3-5-7-16/h3-14H,2,15H2,1H3,(H,25,26,27). The lowest BCUT2D eigenvalue weighted by Gasteiger charge is -2.07. The molecule has 0 atom stereocenters. The van der Waals surface area contributed by atoms with Crippen LogP contribution in [0.1, 0.15) is 22.8 Å². The number of ether oxygens (including phenoxy) is 2. The summed E-state index contributed by atoms with van der Waals surface area (Å²) in [7, 11) is 0. The number of carbonyl (C=O) groups excluding carboxylic acids is 2. The van der Waals surface area contributed by atoms with Gasteiger partial charge in [-0.2, -0.15) is 0 Å². The Kier molecular flexibility index (Phi) is 6.24. The van der Waals surface area contributed by atoms with Crippen molar-refractivity contribution in [3.05, 3.63) is 83.9 Å². The summed E-state index contributed by atoms with van der Waals surface area (Å²) in [5, 5.41) is 3.25. The number of benzene rings is 3. The summed E-state index contributed by atoms with van der Waals surface area (Å²) in [6.07, 6.45) is 0. The minimum atomic E-state index is -0.312. The van der Waals surface area contributed by atoms with Crippen LogP contribution in [-0.4, -0.2) is 29.9 Å². The maximum absolute atomic E-state index is 12.4. The van der Waals surface area contributed by atoms with E-state index in [2.05, 4.69) is 10.3 Å². The Labute approximate surface area is 183 Å². The number of aromatic nitrogens is 1. The van der Waals surface area contributed by atoms with Crippen molar-refractivity contribution in [3.8, 4) is 11.5 Å². The fraction of sp³-hybridized carbons (Fsp3) is 0.125. The van der Waals surface area contributed by atoms with Crippen LogP contribution in [0.4, 0.5) is 5.13 Å². The lowest BCUT2D eigenvalue weighted by Crippen LogP contribution is -2.20. The number of ketones is 1. The number of fused-ring (bicyclic) bond motifs is 1. The van der Waals surface area contributed by atoms with E-state index >= 15 is 0 Å². The molecule has 6 nitrogen and oxygen atoms in total. The van der Waals surface area contributed by atoms with Gasteiger partial charge in [-0.15, -0.1) is 0 Å². The first-order valence-electron chi connectivity index (χ1n) is 9.78. The minimum Gasteiger partial charge on any atom is -0.494 e. The van der Waals surface area contributed by atoms with Crippen molar-refractivity contribution in [2.75, 3.05) is 18.5 Å². The maximum Gasteiger partial charge on any atom is 0.264 e. The lowest BCUT2D eigenvalue weighted by atomic mass is 10.0. The summed E-state index contributed by atoms with van der Waals surface area (Å²) in [4.78, 5) is 29.1. The molecule has 1 amide bonds. The van der Waals surface area contributed by atoms with Crippen LogP contribution < -0.4 is 14.8 Å². The minimum absolute atomic E-state index is 0.0618. The number of amides is 1. The van der Waals surface area contributed by atoms with Crippen LogP contribution in [0.25, 0.3) is 10.2 Å². The molecule has 156 valence electrons. The summed E-state index contributed by atoms with van der Waals surface area (Å²) in [6, 6.07) is 21.4. The van der Waals surface area contributed by atoms with Crippen LogP contribution >= 0.6 is 11.3 Å². The van der Waals surface area contributed by atoms with E-state index in [1.165, 1.54) is 11.3 Å². The molecule has 0 aliphatic heterocycles. The van der Waals surface area contributed by atoms with Gasteiger partial charge >= 0.3 is 0 Å². The van der Waals surface area contributed by atoms with Gasteiger partial charge in [0.1, 0.15) is 11.5 Å². The quantitative estimate of drug-likeness (QED) is 0.399. The maximum atomic E-state index is 12.4. The number of thiazole rings is 1. The highest BCUT2D eigenvalue weighted by atomic mass is 32.1. The second-order valence-electron chi connectivity index (χ2n) is 6.64. The molecule has 0 bridgehead atoms. The monoisotopic (exact) mass is 432 g/mol. The molecule has 0 spiro atoms. The normalized spacial score (nSPS) is 10.6. The molecule has 0 saturated heterocycles. The Balaban J connectivity index is 1.33. The number of nitrogens with zero attached hydrogens (tertiary/aromatic N) is 1. The lowest BCUT2D eigenvalue weighted by molar-refractivity contribution is -0.118. The van der Waals surface area contributed by atoms with Crippen LogP contribution in [0.2, 0.25) is 0 Å². The smallest absolute Gasteiger partial charge is 0.264 e. The number of carbonyl (C=O) groups is 2. The Hall–Kier alpha value is -3.71. The third-order valence-electron chi connectivity index (χ3n) is 4.44. The third kappa shape index (κ3) is 5.07. The first-order chi connectivity index (χ1) is 15.1. The van der Waals surface area contributed by atoms with Crippen molar-refractivity contribution in [2.24, 2.45) is 0 Å². The van der Waals surface area contributed by atoms with Crippen LogP contribution in [0.15, 0.2) is 72.8 Å². The van der Waals surface area contributed by atoms with E-state index in [1.54, 1.807) is 36.4 Å². The second kappa shape index (κ2) is 9.40. The SMILES string of the molecule is CCOc1ccc2nc(NC(=O)COc3ccc(C(=O)c4ccccc4)cc3)sc2c1. The van der Waals surface area contributed by atoms with Crippen molar-refractivity contribution < 1.29 is 19.1 Å². The molecular weight excluding hydrogens is 412 g/mol. The van der Waals surface area contributed by atoms with E-state index in [4.69, 9.17) is 9.47 Å². The van der Waals surface area contributed by atoms with Gasteiger partial charge in [0.25, 0.3) is 5.91 Å². The summed E-state index contributed by atoms with van der Waals surface area (Å²) < 4.78 is 12.0. The molecule has 0 aliphatic rings. The van der Waals surface area contributed by atoms with Crippen LogP contribution in [-0.2, 0) is 4.79 Å². The molecule has 0 saturated carbocycles. The zero-order valence-corrected chi connectivity index (χ0v) is 17.6. The highest BCUT2D eigenvalue weighted by Crippen LogP contribution is 2.29. The van der Waals surface area contributed by atoms with Gasteiger partial charge in [0.05, 0.1) is 16.8 Å². The molecule has 3 aromatic carbocycles. The van der Waals surface area contributed by atoms with Gasteiger partial charge in [-0.05, 0) is 49.4 Å². The Bertz CT molecular complexity index is 1200. The number of rotatable bonds is 8. The summed E-state index contributed by atoms with van der Waals surface area (Å²) in [6.45, 7) is 2.36. The summed E-state index contributed by atoms with van der Waals surface area (Å²) in [5.41, 5.74) is 1.98. The highest BCUT2D eigenvalue weighted by molar-refractivity contribution is 7.22. The molecule has 0 fully saturated rings. The topological polar surface area (TPSA) is 77.5 Å². The average molecular weight is 433 g/mol. The van der Waals surface area contributed by atoms with Crippen molar-refractivity contribution in [1.82, 2.24) is 4.98 Å². The molecule has 1 heterocycles. The molecule has 7 heteroatoms. The van der Waals surface area contributed by atoms with Crippen LogP contribution in [0.3, 0.4) is 0 Å². The van der Waals surface area contributed by atoms with Crippen LogP contribution in [0.5, 0.6) is 11.5 Å². The summed E-state index contributed by atoms with van der Waals surface area (Å²) >= 11 is 1.37. The predicted molar refractivity (Wildman–Crippen MR) is 121 cm³/mol. The van der Waals surface area contributed by atoms with E-state index < -0.39 is 0 Å². The fourth-order valence-corrected chi connectivity index (χ4v) is 3.89. The molecule has 1 aromatic heterocycles. The number of nitrogens with one attached hydrogen (secondary N) is 1. The fourth-order valence-electron chi connectivity index (χ4n) is 2.98. The van der Waals surface area contributed by atoms with Crippen molar-refractivity contribution in [1.29, 1.82) is 0 Å². The zero-order chi connectivity index (χ0) is 21.6. The predicted octanol–water partition coefficient (Wildman–Crippen LogP) is 4.94. The Morgan fingerprint density at radius 2 is 1.61 bits per heavy atom. The molecule has 31 heavy (non-hydrogen) atoms. The van der Waals surface area contributed by atoms with Gasteiger partial charge in [0, 0.05) is 11.1 Å². The van der Waals surface area contributed by atoms with Crippen LogP contribution in [0, 0.1) is 0 Å². The molecule has 1 N–H and O–H groups in total. The Morgan fingerprint density at radius 3 is 2.35 bits per heavy atom. The van der Waals surface area contributed by atoms with E-state index in [-0.39, 0.29) is 18.3 Å². The molecule has 4 rings (SSSR count). The highest BCUT2D eigenvalue weighted by Gasteiger charge is 2.11. The van der Waals surface area contributed by atoms with E-state index in [9.17, 15) is 9.59 Å². The molecule has 4 aromatic rings. The van der Waals surface area contributed by atoms with E-state index in [0.717, 1.165) is 16.0 Å². The molecular formula is C24H20N2O4S. The zero-order valence-electron chi connectivity index (χ0n) is 16.8.